The van der Waals surface area contributed by atoms with E-state index in [-0.39, 0.29) is 6.10 Å². The van der Waals surface area contributed by atoms with Crippen LogP contribution in [0.2, 0.25) is 0 Å². The summed E-state index contributed by atoms with van der Waals surface area (Å²) in [6, 6.07) is 9.48. The molecule has 1 aliphatic rings. The average molecular weight is 298 g/mol. The fraction of sp³-hybridized carbons (Fsp3) is 0.571. The lowest BCUT2D eigenvalue weighted by Crippen LogP contribution is -2.43. The van der Waals surface area contributed by atoms with Crippen molar-refractivity contribution >= 4 is 10.2 Å². The van der Waals surface area contributed by atoms with Gasteiger partial charge in [-0.1, -0.05) is 30.3 Å². The SMILES string of the molecule is CN(C[C@H]1CCCCO1)S(=O)(=O)NCc1ccccc1. The molecule has 1 saturated heterocycles. The zero-order valence-corrected chi connectivity index (χ0v) is 12.6. The molecule has 1 atom stereocenters. The monoisotopic (exact) mass is 298 g/mol. The molecule has 1 aliphatic heterocycles. The third kappa shape index (κ3) is 4.56. The predicted molar refractivity (Wildman–Crippen MR) is 78.4 cm³/mol. The first-order valence-corrected chi connectivity index (χ1v) is 8.38. The molecule has 0 aromatic heterocycles. The molecule has 1 aromatic rings. The predicted octanol–water partition coefficient (Wildman–Crippen LogP) is 1.52. The lowest BCUT2D eigenvalue weighted by atomic mass is 10.1. The molecule has 1 aromatic carbocycles. The molecular weight excluding hydrogens is 276 g/mol. The van der Waals surface area contributed by atoms with Gasteiger partial charge < -0.3 is 4.74 Å². The maximum atomic E-state index is 12.1. The van der Waals surface area contributed by atoms with Crippen LogP contribution in [-0.4, -0.2) is 39.0 Å². The van der Waals surface area contributed by atoms with Crippen molar-refractivity contribution in [2.45, 2.75) is 31.9 Å². The topological polar surface area (TPSA) is 58.6 Å². The van der Waals surface area contributed by atoms with Gasteiger partial charge in [-0.2, -0.15) is 17.4 Å². The van der Waals surface area contributed by atoms with Gasteiger partial charge in [0.2, 0.25) is 0 Å². The van der Waals surface area contributed by atoms with Crippen LogP contribution in [0.25, 0.3) is 0 Å². The summed E-state index contributed by atoms with van der Waals surface area (Å²) in [6.45, 7) is 1.44. The maximum Gasteiger partial charge on any atom is 0.279 e. The van der Waals surface area contributed by atoms with Gasteiger partial charge in [0.1, 0.15) is 0 Å². The molecule has 5 nitrogen and oxygen atoms in total. The number of nitrogens with zero attached hydrogens (tertiary/aromatic N) is 1. The molecule has 0 bridgehead atoms. The first-order valence-electron chi connectivity index (χ1n) is 6.94. The molecule has 1 N–H and O–H groups in total. The van der Waals surface area contributed by atoms with Crippen molar-refractivity contribution in [1.82, 2.24) is 9.03 Å². The number of hydrogen-bond donors (Lipinski definition) is 1. The minimum Gasteiger partial charge on any atom is -0.377 e. The number of nitrogens with one attached hydrogen (secondary N) is 1. The van der Waals surface area contributed by atoms with Crippen molar-refractivity contribution in [3.63, 3.8) is 0 Å². The molecule has 1 fully saturated rings. The van der Waals surface area contributed by atoms with E-state index >= 15 is 0 Å². The van der Waals surface area contributed by atoms with Crippen LogP contribution in [0.3, 0.4) is 0 Å². The van der Waals surface area contributed by atoms with Crippen LogP contribution < -0.4 is 4.72 Å². The molecule has 6 heteroatoms. The molecule has 0 unspecified atom stereocenters. The number of rotatable bonds is 6. The van der Waals surface area contributed by atoms with E-state index in [1.165, 1.54) is 4.31 Å². The van der Waals surface area contributed by atoms with E-state index in [1.54, 1.807) is 7.05 Å². The Morgan fingerprint density at radius 2 is 2.05 bits per heavy atom. The number of ether oxygens (including phenoxy) is 1. The number of benzene rings is 1. The highest BCUT2D eigenvalue weighted by Crippen LogP contribution is 2.14. The smallest absolute Gasteiger partial charge is 0.279 e. The summed E-state index contributed by atoms with van der Waals surface area (Å²) in [6.07, 6.45) is 3.12. The van der Waals surface area contributed by atoms with Crippen molar-refractivity contribution in [2.75, 3.05) is 20.2 Å². The van der Waals surface area contributed by atoms with E-state index in [0.29, 0.717) is 13.1 Å². The average Bonchev–Trinajstić information content (AvgIpc) is 2.47. The Morgan fingerprint density at radius 1 is 1.30 bits per heavy atom. The quantitative estimate of drug-likeness (QED) is 0.866. The van der Waals surface area contributed by atoms with Gasteiger partial charge in [0.05, 0.1) is 6.10 Å². The summed E-state index contributed by atoms with van der Waals surface area (Å²) in [7, 11) is -1.87. The molecule has 112 valence electrons. The highest BCUT2D eigenvalue weighted by Gasteiger charge is 2.23. The molecule has 0 spiro atoms. The summed E-state index contributed by atoms with van der Waals surface area (Å²) in [5.41, 5.74) is 0.943. The molecule has 20 heavy (non-hydrogen) atoms. The Morgan fingerprint density at radius 3 is 2.70 bits per heavy atom. The maximum absolute atomic E-state index is 12.1. The van der Waals surface area contributed by atoms with Crippen molar-refractivity contribution in [3.8, 4) is 0 Å². The van der Waals surface area contributed by atoms with Crippen LogP contribution in [0.5, 0.6) is 0 Å². The lowest BCUT2D eigenvalue weighted by molar-refractivity contribution is 0.00845. The van der Waals surface area contributed by atoms with E-state index in [2.05, 4.69) is 4.72 Å². The molecule has 0 aliphatic carbocycles. The van der Waals surface area contributed by atoms with Crippen molar-refractivity contribution < 1.29 is 13.2 Å². The molecule has 0 saturated carbocycles. The Balaban J connectivity index is 1.85. The van der Waals surface area contributed by atoms with Crippen molar-refractivity contribution in [1.29, 1.82) is 0 Å². The van der Waals surface area contributed by atoms with Gasteiger partial charge in [0, 0.05) is 26.7 Å². The highest BCUT2D eigenvalue weighted by molar-refractivity contribution is 7.87. The molecule has 0 amide bonds. The third-order valence-electron chi connectivity index (χ3n) is 3.45. The zero-order valence-electron chi connectivity index (χ0n) is 11.8. The zero-order chi connectivity index (χ0) is 14.4. The minimum absolute atomic E-state index is 0.0158. The second-order valence-electron chi connectivity index (χ2n) is 5.08. The fourth-order valence-electron chi connectivity index (χ4n) is 2.22. The second kappa shape index (κ2) is 7.17. The summed E-state index contributed by atoms with van der Waals surface area (Å²) in [5, 5.41) is 0. The fourth-order valence-corrected chi connectivity index (χ4v) is 3.15. The Labute approximate surface area is 121 Å². The van der Waals surface area contributed by atoms with Gasteiger partial charge in [-0.15, -0.1) is 0 Å². The first-order chi connectivity index (χ1) is 9.58. The van der Waals surface area contributed by atoms with Crippen LogP contribution in [0.4, 0.5) is 0 Å². The van der Waals surface area contributed by atoms with Crippen LogP contribution in [0, 0.1) is 0 Å². The van der Waals surface area contributed by atoms with E-state index in [0.717, 1.165) is 31.4 Å². The van der Waals surface area contributed by atoms with Crippen LogP contribution >= 0.6 is 0 Å². The first kappa shape index (κ1) is 15.4. The van der Waals surface area contributed by atoms with E-state index in [9.17, 15) is 8.42 Å². The Kier molecular flexibility index (Phi) is 5.54. The van der Waals surface area contributed by atoms with Gasteiger partial charge >= 0.3 is 0 Å². The largest absolute Gasteiger partial charge is 0.377 e. The molecule has 1 heterocycles. The number of hydrogen-bond acceptors (Lipinski definition) is 3. The lowest BCUT2D eigenvalue weighted by Gasteiger charge is -2.27. The van der Waals surface area contributed by atoms with Crippen molar-refractivity contribution in [3.05, 3.63) is 35.9 Å². The van der Waals surface area contributed by atoms with Gasteiger partial charge in [-0.3, -0.25) is 0 Å². The van der Waals surface area contributed by atoms with Gasteiger partial charge in [-0.25, -0.2) is 0 Å². The van der Waals surface area contributed by atoms with Gasteiger partial charge in [0.25, 0.3) is 10.2 Å². The normalized spacial score (nSPS) is 20.2. The second-order valence-corrected chi connectivity index (χ2v) is 6.94. The van der Waals surface area contributed by atoms with E-state index in [4.69, 9.17) is 4.74 Å². The Bertz CT molecular complexity index is 498. The van der Waals surface area contributed by atoms with E-state index < -0.39 is 10.2 Å². The van der Waals surface area contributed by atoms with Gasteiger partial charge in [-0.05, 0) is 24.8 Å². The van der Waals surface area contributed by atoms with Crippen LogP contribution in [-0.2, 0) is 21.5 Å². The van der Waals surface area contributed by atoms with Crippen LogP contribution in [0.1, 0.15) is 24.8 Å². The number of likely N-dealkylation sites (N-methyl/N-ethyl adjacent to an activating group) is 1. The summed E-state index contributed by atoms with van der Waals surface area (Å²) < 4.78 is 33.8. The standard InChI is InChI=1S/C14H22N2O3S/c1-16(12-14-9-5-6-10-19-14)20(17,18)15-11-13-7-3-2-4-8-13/h2-4,7-8,14-15H,5-6,9-12H2,1H3/t14-/m1/s1. The van der Waals surface area contributed by atoms with Crippen LogP contribution in [0.15, 0.2) is 30.3 Å². The molecule has 0 radical (unpaired) electrons. The highest BCUT2D eigenvalue weighted by atomic mass is 32.2. The van der Waals surface area contributed by atoms with E-state index in [1.807, 2.05) is 30.3 Å². The summed E-state index contributed by atoms with van der Waals surface area (Å²) in [4.78, 5) is 0. The molecule has 2 rings (SSSR count). The summed E-state index contributed by atoms with van der Waals surface area (Å²) >= 11 is 0. The minimum atomic E-state index is -3.45. The summed E-state index contributed by atoms with van der Waals surface area (Å²) in [5.74, 6) is 0. The van der Waals surface area contributed by atoms with Gasteiger partial charge in [0.15, 0.2) is 0 Å². The Hall–Kier alpha value is -0.950. The van der Waals surface area contributed by atoms with Crippen molar-refractivity contribution in [2.24, 2.45) is 0 Å². The molecular formula is C14H22N2O3S. The third-order valence-corrected chi connectivity index (χ3v) is 4.93.